The second-order valence-corrected chi connectivity index (χ2v) is 6.61. The van der Waals surface area contributed by atoms with Crippen LogP contribution in [-0.4, -0.2) is 47.6 Å². The van der Waals surface area contributed by atoms with Gasteiger partial charge >= 0.3 is 5.97 Å². The van der Waals surface area contributed by atoms with Crippen molar-refractivity contribution in [3.63, 3.8) is 0 Å². The van der Waals surface area contributed by atoms with Crippen LogP contribution in [0.1, 0.15) is 37.6 Å². The zero-order valence-electron chi connectivity index (χ0n) is 13.8. The van der Waals surface area contributed by atoms with Gasteiger partial charge in [0.2, 0.25) is 5.91 Å². The molecule has 3 atom stereocenters. The minimum atomic E-state index is -1.04. The van der Waals surface area contributed by atoms with Gasteiger partial charge in [-0.05, 0) is 19.3 Å². The summed E-state index contributed by atoms with van der Waals surface area (Å²) in [6.45, 7) is 4.59. The van der Waals surface area contributed by atoms with Gasteiger partial charge in [0, 0.05) is 32.1 Å². The number of aliphatic carboxylic acids is 1. The molecule has 8 heteroatoms. The molecule has 0 spiro atoms. The Labute approximate surface area is 139 Å². The third-order valence-corrected chi connectivity index (χ3v) is 4.76. The highest BCUT2D eigenvalue weighted by molar-refractivity contribution is 5.83. The summed E-state index contributed by atoms with van der Waals surface area (Å²) in [5.74, 6) is -0.972. The molecule has 132 valence electrons. The fourth-order valence-electron chi connectivity index (χ4n) is 3.36. The van der Waals surface area contributed by atoms with Crippen molar-refractivity contribution in [1.82, 2.24) is 10.5 Å². The lowest BCUT2D eigenvalue weighted by atomic mass is 9.86. The molecule has 1 aromatic rings. The Balaban J connectivity index is 1.76. The summed E-state index contributed by atoms with van der Waals surface area (Å²) in [6, 6.07) is 1.81. The van der Waals surface area contributed by atoms with E-state index in [-0.39, 0.29) is 11.8 Å². The number of nitrogens with zero attached hydrogens (tertiary/aromatic N) is 1. The van der Waals surface area contributed by atoms with E-state index in [9.17, 15) is 9.59 Å². The molecule has 1 amide bonds. The molecule has 0 saturated carbocycles. The van der Waals surface area contributed by atoms with Gasteiger partial charge in [0.15, 0.2) is 11.9 Å². The molecular formula is C16H22N2O6. The number of carboxylic acid groups (broad SMARTS) is 1. The van der Waals surface area contributed by atoms with Crippen LogP contribution in [0, 0.1) is 12.8 Å². The van der Waals surface area contributed by atoms with Gasteiger partial charge in [0.05, 0.1) is 5.69 Å². The van der Waals surface area contributed by atoms with Crippen LogP contribution in [0.2, 0.25) is 0 Å². The van der Waals surface area contributed by atoms with E-state index >= 15 is 0 Å². The van der Waals surface area contributed by atoms with Crippen LogP contribution in [0.25, 0.3) is 0 Å². The number of hydrogen-bond acceptors (Lipinski definition) is 6. The van der Waals surface area contributed by atoms with Crippen molar-refractivity contribution in [3.8, 4) is 0 Å². The average molecular weight is 338 g/mol. The molecule has 2 aliphatic rings. The Morgan fingerprint density at radius 2 is 2.08 bits per heavy atom. The molecule has 24 heavy (non-hydrogen) atoms. The second-order valence-electron chi connectivity index (χ2n) is 6.61. The summed E-state index contributed by atoms with van der Waals surface area (Å²) in [7, 11) is 0. The Kier molecular flexibility index (Phi) is 4.60. The van der Waals surface area contributed by atoms with E-state index in [0.29, 0.717) is 38.2 Å². The van der Waals surface area contributed by atoms with Crippen molar-refractivity contribution in [2.45, 2.75) is 50.9 Å². The lowest BCUT2D eigenvalue weighted by Crippen LogP contribution is -2.52. The highest BCUT2D eigenvalue weighted by Gasteiger charge is 2.45. The molecule has 0 bridgehead atoms. The highest BCUT2D eigenvalue weighted by Crippen LogP contribution is 2.34. The number of aryl methyl sites for hydroxylation is 1. The molecule has 3 rings (SSSR count). The van der Waals surface area contributed by atoms with Gasteiger partial charge in [-0.25, -0.2) is 4.79 Å². The van der Waals surface area contributed by atoms with Gasteiger partial charge in [-0.2, -0.15) is 0 Å². The molecular weight excluding hydrogens is 316 g/mol. The molecule has 8 nitrogen and oxygen atoms in total. The minimum absolute atomic E-state index is 0.212. The number of nitrogens with one attached hydrogen (secondary N) is 1. The Morgan fingerprint density at radius 3 is 2.62 bits per heavy atom. The summed E-state index contributed by atoms with van der Waals surface area (Å²) >= 11 is 0. The summed E-state index contributed by atoms with van der Waals surface area (Å²) in [5.41, 5.74) is 0.0478. The molecule has 0 aliphatic carbocycles. The quantitative estimate of drug-likeness (QED) is 0.842. The SMILES string of the molecule is Cc1cc(C2(NC(=O)[C@H]3C[C@@H](C)[C@H](C(=O)O)O3)CCOCC2)on1. The van der Waals surface area contributed by atoms with E-state index in [2.05, 4.69) is 10.5 Å². The van der Waals surface area contributed by atoms with Crippen LogP contribution < -0.4 is 5.32 Å². The first-order valence-corrected chi connectivity index (χ1v) is 8.13. The Hall–Kier alpha value is -1.93. The van der Waals surface area contributed by atoms with Crippen LogP contribution >= 0.6 is 0 Å². The van der Waals surface area contributed by atoms with Crippen molar-refractivity contribution < 1.29 is 28.7 Å². The molecule has 3 heterocycles. The van der Waals surface area contributed by atoms with Crippen LogP contribution in [-0.2, 0) is 24.6 Å². The third kappa shape index (κ3) is 3.16. The van der Waals surface area contributed by atoms with Gasteiger partial charge in [0.25, 0.3) is 0 Å². The van der Waals surface area contributed by atoms with Gasteiger partial charge in [-0.3, -0.25) is 4.79 Å². The van der Waals surface area contributed by atoms with E-state index in [4.69, 9.17) is 19.1 Å². The smallest absolute Gasteiger partial charge is 0.333 e. The Bertz CT molecular complexity index is 622. The molecule has 2 saturated heterocycles. The van der Waals surface area contributed by atoms with E-state index in [1.54, 1.807) is 6.92 Å². The van der Waals surface area contributed by atoms with Gasteiger partial charge in [0.1, 0.15) is 11.6 Å². The summed E-state index contributed by atoms with van der Waals surface area (Å²) in [6.07, 6.45) is -0.204. The second kappa shape index (κ2) is 6.52. The van der Waals surface area contributed by atoms with E-state index in [1.165, 1.54) is 0 Å². The number of amides is 1. The van der Waals surface area contributed by atoms with Gasteiger partial charge < -0.3 is 24.4 Å². The maximum atomic E-state index is 12.7. The van der Waals surface area contributed by atoms with Crippen LogP contribution in [0.5, 0.6) is 0 Å². The molecule has 0 aromatic carbocycles. The van der Waals surface area contributed by atoms with Crippen molar-refractivity contribution in [1.29, 1.82) is 0 Å². The molecule has 0 radical (unpaired) electrons. The van der Waals surface area contributed by atoms with Gasteiger partial charge in [-0.15, -0.1) is 0 Å². The highest BCUT2D eigenvalue weighted by atomic mass is 16.5. The third-order valence-electron chi connectivity index (χ3n) is 4.76. The number of rotatable bonds is 4. The first-order valence-electron chi connectivity index (χ1n) is 8.13. The zero-order valence-corrected chi connectivity index (χ0v) is 13.8. The zero-order chi connectivity index (χ0) is 17.3. The predicted molar refractivity (Wildman–Crippen MR) is 81.2 cm³/mol. The van der Waals surface area contributed by atoms with E-state index in [1.807, 2.05) is 13.0 Å². The minimum Gasteiger partial charge on any atom is -0.479 e. The maximum absolute atomic E-state index is 12.7. The number of hydrogen-bond donors (Lipinski definition) is 2. The summed E-state index contributed by atoms with van der Waals surface area (Å²) in [4.78, 5) is 23.8. The largest absolute Gasteiger partial charge is 0.479 e. The lowest BCUT2D eigenvalue weighted by Gasteiger charge is -2.36. The van der Waals surface area contributed by atoms with E-state index in [0.717, 1.165) is 5.69 Å². The first kappa shape index (κ1) is 16.9. The predicted octanol–water partition coefficient (Wildman–Crippen LogP) is 0.983. The maximum Gasteiger partial charge on any atom is 0.333 e. The fourth-order valence-corrected chi connectivity index (χ4v) is 3.36. The van der Waals surface area contributed by atoms with Gasteiger partial charge in [-0.1, -0.05) is 12.1 Å². The molecule has 0 unspecified atom stereocenters. The number of ether oxygens (including phenoxy) is 2. The standard InChI is InChI=1S/C16H22N2O6/c1-9-7-11(23-13(9)15(20)21)14(19)17-16(3-5-22-6-4-16)12-8-10(2)18-24-12/h8-9,11,13H,3-7H2,1-2H3,(H,17,19)(H,20,21)/t9-,11-,13-/m1/s1. The van der Waals surface area contributed by atoms with Crippen molar-refractivity contribution in [3.05, 3.63) is 17.5 Å². The average Bonchev–Trinajstić information content (AvgIpc) is 3.14. The number of carbonyl (C=O) groups excluding carboxylic acids is 1. The topological polar surface area (TPSA) is 111 Å². The summed E-state index contributed by atoms with van der Waals surface area (Å²) < 4.78 is 16.2. The van der Waals surface area contributed by atoms with Crippen molar-refractivity contribution in [2.24, 2.45) is 5.92 Å². The van der Waals surface area contributed by atoms with Crippen molar-refractivity contribution in [2.75, 3.05) is 13.2 Å². The fraction of sp³-hybridized carbons (Fsp3) is 0.688. The molecule has 1 aromatic heterocycles. The number of aromatic nitrogens is 1. The molecule has 2 aliphatic heterocycles. The Morgan fingerprint density at radius 1 is 1.38 bits per heavy atom. The van der Waals surface area contributed by atoms with Crippen molar-refractivity contribution >= 4 is 11.9 Å². The van der Waals surface area contributed by atoms with Crippen LogP contribution in [0.3, 0.4) is 0 Å². The summed E-state index contributed by atoms with van der Waals surface area (Å²) in [5, 5.41) is 16.1. The lowest BCUT2D eigenvalue weighted by molar-refractivity contribution is -0.153. The number of carboxylic acids is 1. The molecule has 2 fully saturated rings. The first-order chi connectivity index (χ1) is 11.4. The van der Waals surface area contributed by atoms with Crippen LogP contribution in [0.15, 0.2) is 10.6 Å². The molecule has 2 N–H and O–H groups in total. The van der Waals surface area contributed by atoms with Crippen LogP contribution in [0.4, 0.5) is 0 Å². The number of carbonyl (C=O) groups is 2. The monoisotopic (exact) mass is 338 g/mol. The van der Waals surface area contributed by atoms with E-state index < -0.39 is 23.7 Å². The normalized spacial score (nSPS) is 29.3.